The Labute approximate surface area is 196 Å². The van der Waals surface area contributed by atoms with Crippen LogP contribution in [-0.4, -0.2) is 65.6 Å². The van der Waals surface area contributed by atoms with Crippen LogP contribution in [0.25, 0.3) is 11.4 Å². The van der Waals surface area contributed by atoms with Gasteiger partial charge in [0.1, 0.15) is 0 Å². The molecule has 5 rings (SSSR count). The highest BCUT2D eigenvalue weighted by atomic mass is 32.2. The number of piperidine rings is 1. The number of anilines is 1. The van der Waals surface area contributed by atoms with E-state index in [-0.39, 0.29) is 29.8 Å². The average molecular weight is 485 g/mol. The molecule has 34 heavy (non-hydrogen) atoms. The number of nitrogens with one attached hydrogen (secondary N) is 2. The Morgan fingerprint density at radius 2 is 1.85 bits per heavy atom. The summed E-state index contributed by atoms with van der Waals surface area (Å²) < 4.78 is 39.0. The van der Waals surface area contributed by atoms with Gasteiger partial charge >= 0.3 is 0 Å². The summed E-state index contributed by atoms with van der Waals surface area (Å²) in [6.45, 7) is 1.54. The molecule has 178 valence electrons. The van der Waals surface area contributed by atoms with E-state index < -0.39 is 10.0 Å². The molecule has 0 saturated carbocycles. The third-order valence-corrected chi connectivity index (χ3v) is 7.81. The molecule has 2 aromatic carbocycles. The zero-order valence-corrected chi connectivity index (χ0v) is 19.1. The second kappa shape index (κ2) is 9.39. The highest BCUT2D eigenvalue weighted by Crippen LogP contribution is 2.34. The Morgan fingerprint density at radius 1 is 1.06 bits per heavy atom. The maximum Gasteiger partial charge on any atom is 0.243 e. The molecule has 0 radical (unpaired) electrons. The number of carbonyl (C=O) groups excluding carboxylic acids is 1. The molecule has 3 aromatic rings. The van der Waals surface area contributed by atoms with Crippen LogP contribution in [0, 0.1) is 5.92 Å². The maximum atomic E-state index is 13.2. The van der Waals surface area contributed by atoms with Crippen molar-refractivity contribution in [2.75, 3.05) is 31.6 Å². The Kier molecular flexibility index (Phi) is 6.16. The van der Waals surface area contributed by atoms with Crippen LogP contribution >= 0.6 is 0 Å². The highest BCUT2D eigenvalue weighted by molar-refractivity contribution is 7.89. The molecule has 3 heterocycles. The molecule has 2 N–H and O–H groups in total. The Bertz CT molecular complexity index is 1270. The van der Waals surface area contributed by atoms with E-state index in [4.69, 9.17) is 9.47 Å². The number of benzene rings is 2. The van der Waals surface area contributed by atoms with Crippen molar-refractivity contribution < 1.29 is 22.7 Å². The van der Waals surface area contributed by atoms with Crippen LogP contribution < -0.4 is 14.8 Å². The largest absolute Gasteiger partial charge is 0.490 e. The zero-order valence-electron chi connectivity index (χ0n) is 18.3. The Hall–Kier alpha value is -3.51. The molecule has 0 spiro atoms. The number of tetrazole rings is 1. The van der Waals surface area contributed by atoms with Crippen LogP contribution in [0.4, 0.5) is 5.69 Å². The molecule has 11 nitrogen and oxygen atoms in total. The summed E-state index contributed by atoms with van der Waals surface area (Å²) in [4.78, 5) is 13.0. The van der Waals surface area contributed by atoms with Gasteiger partial charge in [-0.25, -0.2) is 8.42 Å². The van der Waals surface area contributed by atoms with Crippen molar-refractivity contribution in [2.45, 2.75) is 24.2 Å². The van der Waals surface area contributed by atoms with E-state index in [2.05, 4.69) is 25.9 Å². The summed E-state index contributed by atoms with van der Waals surface area (Å²) >= 11 is 0. The van der Waals surface area contributed by atoms with Crippen molar-refractivity contribution in [1.29, 1.82) is 0 Å². The zero-order chi connectivity index (χ0) is 23.5. The van der Waals surface area contributed by atoms with E-state index in [9.17, 15) is 13.2 Å². The summed E-state index contributed by atoms with van der Waals surface area (Å²) in [6.07, 6.45) is 1.61. The summed E-state index contributed by atoms with van der Waals surface area (Å²) in [7, 11) is -3.70. The average Bonchev–Trinajstić information content (AvgIpc) is 3.30. The predicted octanol–water partition coefficient (Wildman–Crippen LogP) is 2.07. The van der Waals surface area contributed by atoms with Crippen molar-refractivity contribution in [3.63, 3.8) is 0 Å². The minimum absolute atomic E-state index is 0.141. The Morgan fingerprint density at radius 3 is 2.62 bits per heavy atom. The monoisotopic (exact) mass is 484 g/mol. The van der Waals surface area contributed by atoms with E-state index in [0.29, 0.717) is 49.1 Å². The molecule has 0 atom stereocenters. The van der Waals surface area contributed by atoms with Crippen molar-refractivity contribution in [1.82, 2.24) is 24.9 Å². The lowest BCUT2D eigenvalue weighted by Gasteiger charge is -2.30. The van der Waals surface area contributed by atoms with Crippen molar-refractivity contribution >= 4 is 21.6 Å². The lowest BCUT2D eigenvalue weighted by atomic mass is 9.97. The number of sulfonamides is 1. The third-order valence-electron chi connectivity index (χ3n) is 5.92. The first-order valence-corrected chi connectivity index (χ1v) is 12.5. The van der Waals surface area contributed by atoms with Crippen LogP contribution in [0.1, 0.15) is 19.3 Å². The van der Waals surface area contributed by atoms with Gasteiger partial charge < -0.3 is 14.8 Å². The minimum Gasteiger partial charge on any atom is -0.490 e. The number of fused-ring (bicyclic) bond motifs is 1. The van der Waals surface area contributed by atoms with Crippen molar-refractivity contribution in [2.24, 2.45) is 5.92 Å². The van der Waals surface area contributed by atoms with Gasteiger partial charge in [-0.3, -0.25) is 4.79 Å². The summed E-state index contributed by atoms with van der Waals surface area (Å²) in [5, 5.41) is 16.8. The number of amides is 1. The second-order valence-electron chi connectivity index (χ2n) is 8.14. The quantitative estimate of drug-likeness (QED) is 0.561. The van der Waals surface area contributed by atoms with E-state index in [1.165, 1.54) is 10.4 Å². The first kappa shape index (κ1) is 22.3. The molecular formula is C22H24N6O5S. The molecule has 1 aromatic heterocycles. The number of rotatable bonds is 5. The second-order valence-corrected chi connectivity index (χ2v) is 10.1. The smallest absolute Gasteiger partial charge is 0.243 e. The summed E-state index contributed by atoms with van der Waals surface area (Å²) in [5.74, 6) is 0.998. The fourth-order valence-electron chi connectivity index (χ4n) is 4.08. The molecule has 2 aliphatic heterocycles. The van der Waals surface area contributed by atoms with Gasteiger partial charge in [-0.1, -0.05) is 12.1 Å². The van der Waals surface area contributed by atoms with Gasteiger partial charge in [-0.2, -0.15) is 9.52 Å². The van der Waals surface area contributed by atoms with E-state index in [1.807, 2.05) is 6.07 Å². The molecule has 1 saturated heterocycles. The van der Waals surface area contributed by atoms with Gasteiger partial charge in [-0.15, -0.1) is 10.2 Å². The number of H-pyrrole nitrogens is 1. The van der Waals surface area contributed by atoms with E-state index >= 15 is 0 Å². The van der Waals surface area contributed by atoms with Gasteiger partial charge in [0.25, 0.3) is 0 Å². The lowest BCUT2D eigenvalue weighted by molar-refractivity contribution is -0.120. The first-order valence-electron chi connectivity index (χ1n) is 11.1. The number of nitrogens with zero attached hydrogens (tertiary/aromatic N) is 4. The number of hydrogen-bond donors (Lipinski definition) is 2. The van der Waals surface area contributed by atoms with Crippen LogP contribution in [-0.2, 0) is 14.8 Å². The van der Waals surface area contributed by atoms with E-state index in [1.54, 1.807) is 30.3 Å². The van der Waals surface area contributed by atoms with Gasteiger partial charge in [0.15, 0.2) is 11.5 Å². The normalized spacial score (nSPS) is 17.2. The minimum atomic E-state index is -3.70. The number of carbonyl (C=O) groups is 1. The molecule has 0 unspecified atom stereocenters. The molecule has 1 fully saturated rings. The predicted molar refractivity (Wildman–Crippen MR) is 122 cm³/mol. The molecular weight excluding hydrogens is 460 g/mol. The molecule has 0 aliphatic carbocycles. The van der Waals surface area contributed by atoms with Crippen molar-refractivity contribution in [3.8, 4) is 22.9 Å². The fraction of sp³-hybridized carbons (Fsp3) is 0.364. The number of ether oxygens (including phenoxy) is 2. The van der Waals surface area contributed by atoms with Gasteiger partial charge in [0.2, 0.25) is 21.8 Å². The fourth-order valence-corrected chi connectivity index (χ4v) is 5.56. The maximum absolute atomic E-state index is 13.2. The van der Waals surface area contributed by atoms with Gasteiger partial charge in [0, 0.05) is 42.7 Å². The first-order chi connectivity index (χ1) is 16.5. The van der Waals surface area contributed by atoms with Crippen LogP contribution in [0.15, 0.2) is 47.4 Å². The number of aromatic amines is 1. The molecule has 1 amide bonds. The van der Waals surface area contributed by atoms with Crippen LogP contribution in [0.2, 0.25) is 0 Å². The van der Waals surface area contributed by atoms with Crippen LogP contribution in [0.3, 0.4) is 0 Å². The topological polar surface area (TPSA) is 139 Å². The standard InChI is InChI=1S/C22H24N6O5S/c29-22(23-17-4-1-3-16(13-17)21-24-26-27-25-21)15-7-9-28(10-8-15)34(30,31)18-5-6-19-20(14-18)33-12-2-11-32-19/h1,3-6,13-15H,2,7-12H2,(H,23,29)(H,24,25,26,27). The Balaban J connectivity index is 1.22. The number of aromatic nitrogens is 4. The summed E-state index contributed by atoms with van der Waals surface area (Å²) in [5.41, 5.74) is 1.34. The molecule has 2 aliphatic rings. The summed E-state index contributed by atoms with van der Waals surface area (Å²) in [6, 6.07) is 11.9. The SMILES string of the molecule is O=C(Nc1cccc(-c2nn[nH]n2)c1)C1CCN(S(=O)(=O)c2ccc3c(c2)OCCCO3)CC1. The molecule has 0 bridgehead atoms. The highest BCUT2D eigenvalue weighted by Gasteiger charge is 2.33. The lowest BCUT2D eigenvalue weighted by Crippen LogP contribution is -2.41. The van der Waals surface area contributed by atoms with Gasteiger partial charge in [-0.05, 0) is 42.3 Å². The van der Waals surface area contributed by atoms with Crippen LogP contribution in [0.5, 0.6) is 11.5 Å². The third kappa shape index (κ3) is 4.59. The van der Waals surface area contributed by atoms with Gasteiger partial charge in [0.05, 0.1) is 18.1 Å². The number of hydrogen-bond acceptors (Lipinski definition) is 8. The van der Waals surface area contributed by atoms with E-state index in [0.717, 1.165) is 12.0 Å². The molecule has 12 heteroatoms. The van der Waals surface area contributed by atoms with Crippen molar-refractivity contribution in [3.05, 3.63) is 42.5 Å².